The molecule has 47 heavy (non-hydrogen) atoms. The van der Waals surface area contributed by atoms with Gasteiger partial charge in [0, 0.05) is 48.9 Å². The average Bonchev–Trinajstić information content (AvgIpc) is 2.98. The van der Waals surface area contributed by atoms with E-state index in [2.05, 4.69) is 10.2 Å². The Kier molecular flexibility index (Phi) is 11.2. The fraction of sp³-hybridized carbons (Fsp3) is 0.516. The number of morpholine rings is 1. The third-order valence-corrected chi connectivity index (χ3v) is 8.36. The van der Waals surface area contributed by atoms with E-state index in [-0.39, 0.29) is 35.3 Å². The van der Waals surface area contributed by atoms with Crippen molar-refractivity contribution >= 4 is 65.6 Å². The Hall–Kier alpha value is -2.79. The Morgan fingerprint density at radius 2 is 1.60 bits per heavy atom. The number of amides is 1. The summed E-state index contributed by atoms with van der Waals surface area (Å²) in [4.78, 5) is 39.8. The minimum absolute atomic E-state index is 0.0547. The molecule has 2 aromatic rings. The van der Waals surface area contributed by atoms with Gasteiger partial charge in [-0.2, -0.15) is 0 Å². The minimum Gasteiger partial charge on any atom is -0.488 e. The normalized spacial score (nSPS) is 18.2. The van der Waals surface area contributed by atoms with Crippen LogP contribution in [0.4, 0.5) is 4.39 Å². The molecule has 0 bridgehead atoms. The number of likely N-dealkylation sites (N-methyl/N-ethyl adjacent to an activating group) is 2. The molecule has 0 aliphatic carbocycles. The summed E-state index contributed by atoms with van der Waals surface area (Å²) in [7, 11) is 39.0. The number of halogens is 1. The smallest absolute Gasteiger partial charge is 0.266 e. The molecule has 1 atom stereocenters. The molecule has 2 aromatic carbocycles. The molecule has 1 aliphatic heterocycles. The first-order valence-electron chi connectivity index (χ1n) is 14.8. The SMILES string of the molecule is [B]C([B])(c1c(C=O)cccc1OCc1cccc(CN2CC(C)(C)OC(C)(C)C2)c1F)N(C)C(O)(C(=O)NC)C([B])([B])C([B])([B])C=O. The number of hydrogen-bond acceptors (Lipinski definition) is 8. The Balaban J connectivity index is 2.02. The highest BCUT2D eigenvalue weighted by Gasteiger charge is 2.60. The van der Waals surface area contributed by atoms with Crippen LogP contribution in [0.3, 0.4) is 0 Å². The van der Waals surface area contributed by atoms with Gasteiger partial charge >= 0.3 is 0 Å². The lowest BCUT2D eigenvalue weighted by Gasteiger charge is -2.58. The van der Waals surface area contributed by atoms with Gasteiger partial charge in [0.15, 0.2) is 5.72 Å². The van der Waals surface area contributed by atoms with Crippen LogP contribution in [-0.4, -0.2) is 125 Å². The number of rotatable bonds is 13. The van der Waals surface area contributed by atoms with Crippen molar-refractivity contribution in [3.63, 3.8) is 0 Å². The van der Waals surface area contributed by atoms with E-state index in [9.17, 15) is 19.5 Å². The molecule has 16 heteroatoms. The van der Waals surface area contributed by atoms with Gasteiger partial charge in [-0.1, -0.05) is 40.8 Å². The molecule has 0 saturated carbocycles. The van der Waals surface area contributed by atoms with Crippen molar-refractivity contribution in [1.82, 2.24) is 15.1 Å². The number of ether oxygens (including phenoxy) is 2. The number of nitrogens with one attached hydrogen (secondary N) is 1. The van der Waals surface area contributed by atoms with E-state index in [1.807, 2.05) is 27.7 Å². The van der Waals surface area contributed by atoms with Gasteiger partial charge in [-0.15, -0.1) is 0 Å². The van der Waals surface area contributed by atoms with Crippen molar-refractivity contribution in [1.29, 1.82) is 0 Å². The summed E-state index contributed by atoms with van der Waals surface area (Å²) in [5.41, 5.74) is -3.76. The van der Waals surface area contributed by atoms with Gasteiger partial charge in [-0.05, 0) is 46.1 Å². The zero-order chi connectivity index (χ0) is 35.8. The molecule has 1 fully saturated rings. The highest BCUT2D eigenvalue weighted by molar-refractivity contribution is 6.60. The van der Waals surface area contributed by atoms with E-state index in [0.29, 0.717) is 36.4 Å². The van der Waals surface area contributed by atoms with E-state index in [0.717, 1.165) is 14.1 Å². The largest absolute Gasteiger partial charge is 0.488 e. The first-order valence-corrected chi connectivity index (χ1v) is 14.8. The van der Waals surface area contributed by atoms with E-state index in [1.165, 1.54) is 18.2 Å². The van der Waals surface area contributed by atoms with Gasteiger partial charge < -0.3 is 24.7 Å². The molecule has 236 valence electrons. The third kappa shape index (κ3) is 7.46. The first kappa shape index (κ1) is 38.7. The summed E-state index contributed by atoms with van der Waals surface area (Å²) in [6, 6.07) is 9.15. The lowest BCUT2D eigenvalue weighted by Crippen LogP contribution is -2.72. The number of carbonyl (C=O) groups excluding carboxylic acids is 3. The van der Waals surface area contributed by atoms with Crippen molar-refractivity contribution < 1.29 is 33.4 Å². The summed E-state index contributed by atoms with van der Waals surface area (Å²) in [5, 5.41) is 5.82. The molecule has 3 rings (SSSR count). The number of benzene rings is 2. The Morgan fingerprint density at radius 1 is 1.04 bits per heavy atom. The molecular weight excluding hydrogens is 594 g/mol. The van der Waals surface area contributed by atoms with Crippen molar-refractivity contribution in [2.24, 2.45) is 0 Å². The van der Waals surface area contributed by atoms with Gasteiger partial charge in [0.25, 0.3) is 5.91 Å². The van der Waals surface area contributed by atoms with Crippen LogP contribution in [0.2, 0.25) is 10.4 Å². The monoisotopic (exact) mass is 631 g/mol. The van der Waals surface area contributed by atoms with E-state index >= 15 is 4.39 Å². The van der Waals surface area contributed by atoms with Crippen molar-refractivity contribution in [3.8, 4) is 5.75 Å². The molecule has 1 aliphatic rings. The van der Waals surface area contributed by atoms with Crippen LogP contribution < -0.4 is 10.1 Å². The fourth-order valence-electron chi connectivity index (χ4n) is 6.14. The molecule has 1 unspecified atom stereocenters. The maximum Gasteiger partial charge on any atom is 0.266 e. The highest BCUT2D eigenvalue weighted by atomic mass is 19.1. The molecule has 0 spiro atoms. The van der Waals surface area contributed by atoms with Crippen molar-refractivity contribution in [3.05, 3.63) is 64.5 Å². The number of aldehydes is 2. The number of carbonyl (C=O) groups is 3. The summed E-state index contributed by atoms with van der Waals surface area (Å²) in [6.45, 7) is 9.13. The molecule has 12 radical (unpaired) electrons. The van der Waals surface area contributed by atoms with Gasteiger partial charge in [0.05, 0.1) is 58.3 Å². The van der Waals surface area contributed by atoms with Crippen LogP contribution in [0.15, 0.2) is 36.4 Å². The second kappa shape index (κ2) is 13.6. The van der Waals surface area contributed by atoms with Crippen LogP contribution in [0.1, 0.15) is 54.7 Å². The van der Waals surface area contributed by atoms with Gasteiger partial charge in [-0.25, -0.2) is 4.39 Å². The highest BCUT2D eigenvalue weighted by Crippen LogP contribution is 2.52. The summed E-state index contributed by atoms with van der Waals surface area (Å²) in [6.07, 6.45) is 0.358. The maximum atomic E-state index is 15.9. The minimum atomic E-state index is -3.17. The molecule has 0 aromatic heterocycles. The number of aliphatic hydroxyl groups is 1. The van der Waals surface area contributed by atoms with Gasteiger partial charge in [0.2, 0.25) is 0 Å². The van der Waals surface area contributed by atoms with Crippen LogP contribution in [0, 0.1) is 5.82 Å². The lowest BCUT2D eigenvalue weighted by molar-refractivity contribution is -0.182. The Morgan fingerprint density at radius 3 is 2.13 bits per heavy atom. The predicted octanol–water partition coefficient (Wildman–Crippen LogP) is 0.526. The summed E-state index contributed by atoms with van der Waals surface area (Å²) in [5.74, 6) is -1.88. The predicted molar refractivity (Wildman–Crippen MR) is 182 cm³/mol. The Labute approximate surface area is 284 Å². The van der Waals surface area contributed by atoms with Crippen molar-refractivity contribution in [2.75, 3.05) is 27.2 Å². The average molecular weight is 631 g/mol. The number of hydrogen-bond donors (Lipinski definition) is 2. The quantitative estimate of drug-likeness (QED) is 0.188. The lowest BCUT2D eigenvalue weighted by atomic mass is 9.27. The maximum absolute atomic E-state index is 15.9. The van der Waals surface area contributed by atoms with Crippen LogP contribution in [-0.2, 0) is 32.8 Å². The topological polar surface area (TPSA) is 108 Å². The zero-order valence-corrected chi connectivity index (χ0v) is 27.7. The molecule has 9 nitrogen and oxygen atoms in total. The van der Waals surface area contributed by atoms with E-state index in [4.69, 9.17) is 56.6 Å². The zero-order valence-electron chi connectivity index (χ0n) is 27.7. The second-order valence-electron chi connectivity index (χ2n) is 13.3. The third-order valence-electron chi connectivity index (χ3n) is 8.36. The van der Waals surface area contributed by atoms with Crippen LogP contribution in [0.5, 0.6) is 5.75 Å². The summed E-state index contributed by atoms with van der Waals surface area (Å²) >= 11 is 0. The standard InChI is InChI=1S/C31H36B6FN3O6/c1-26(2)16-41(17-27(3,4)47-26)13-19-9-7-11-21(24(19)38)15-46-22-12-8-10-20(14-42)23(22)30(34,35)40(6)29(45,25(44)39-5)31(36,37)28(32,33)18-43/h7-12,14,18,45H,13,15-17H2,1-6H3,(H,39,44). The van der Waals surface area contributed by atoms with Gasteiger partial charge in [0.1, 0.15) is 30.7 Å². The second-order valence-corrected chi connectivity index (χ2v) is 13.3. The number of nitrogens with zero attached hydrogens (tertiary/aromatic N) is 2. The molecule has 2 N–H and O–H groups in total. The molecule has 1 saturated heterocycles. The summed E-state index contributed by atoms with van der Waals surface area (Å²) < 4.78 is 28.0. The Bertz CT molecular complexity index is 1490. The fourth-order valence-corrected chi connectivity index (χ4v) is 6.14. The first-order chi connectivity index (χ1) is 21.5. The van der Waals surface area contributed by atoms with E-state index in [1.54, 1.807) is 18.2 Å². The van der Waals surface area contributed by atoms with Crippen molar-refractivity contribution in [2.45, 2.75) is 73.5 Å². The van der Waals surface area contributed by atoms with Crippen LogP contribution >= 0.6 is 0 Å². The van der Waals surface area contributed by atoms with E-state index < -0.39 is 44.4 Å². The molecule has 1 heterocycles. The van der Waals surface area contributed by atoms with Crippen LogP contribution in [0.25, 0.3) is 0 Å². The molecule has 1 amide bonds. The van der Waals surface area contributed by atoms with Gasteiger partial charge in [-0.3, -0.25) is 19.4 Å². The molecular formula is C31H36B6FN3O6.